The van der Waals surface area contributed by atoms with E-state index in [-0.39, 0.29) is 0 Å². The molecule has 1 aliphatic rings. The fraction of sp³-hybridized carbons (Fsp3) is 0.111. The Kier molecular flexibility index (Phi) is 3.12. The molecule has 0 aliphatic carbocycles. The van der Waals surface area contributed by atoms with Gasteiger partial charge in [0.15, 0.2) is 0 Å². The van der Waals surface area contributed by atoms with Crippen LogP contribution in [0.25, 0.3) is 0 Å². The topological polar surface area (TPSA) is 84.5 Å². The van der Waals surface area contributed by atoms with E-state index in [1.54, 1.807) is 30.3 Å². The van der Waals surface area contributed by atoms with Gasteiger partial charge in [0.1, 0.15) is 0 Å². The Morgan fingerprint density at radius 3 is 2.44 bits per heavy atom. The van der Waals surface area contributed by atoms with Crippen molar-refractivity contribution in [3.63, 3.8) is 0 Å². The standard InChI is InChI=1S/C9H9AsN2O4/c13-7-8(12-9(14)11-7)16-10(15)6-4-2-1-3-5-6/h1-5,8,10H,(H2,11,12,13,14). The van der Waals surface area contributed by atoms with E-state index in [1.807, 2.05) is 5.32 Å². The molecule has 1 fully saturated rings. The van der Waals surface area contributed by atoms with Crippen molar-refractivity contribution in [1.29, 1.82) is 0 Å². The van der Waals surface area contributed by atoms with Crippen LogP contribution in [0.5, 0.6) is 0 Å². The minimum absolute atomic E-state index is 0.566. The van der Waals surface area contributed by atoms with Crippen molar-refractivity contribution in [3.05, 3.63) is 30.3 Å². The van der Waals surface area contributed by atoms with Crippen LogP contribution < -0.4 is 15.0 Å². The molecule has 1 heterocycles. The van der Waals surface area contributed by atoms with Crippen LogP contribution in [0.2, 0.25) is 0 Å². The minimum atomic E-state index is -3.19. The zero-order valence-corrected chi connectivity index (χ0v) is 10.2. The van der Waals surface area contributed by atoms with E-state index in [4.69, 9.17) is 3.73 Å². The molecule has 1 aliphatic heterocycles. The number of carbonyl (C=O) groups excluding carboxylic acids is 2. The van der Waals surface area contributed by atoms with Crippen molar-refractivity contribution < 1.29 is 17.1 Å². The Morgan fingerprint density at radius 2 is 1.88 bits per heavy atom. The molecule has 0 aromatic heterocycles. The summed E-state index contributed by atoms with van der Waals surface area (Å²) >= 11 is -3.19. The van der Waals surface area contributed by atoms with Crippen LogP contribution in [0, 0.1) is 0 Å². The third-order valence-electron chi connectivity index (χ3n) is 1.97. The maximum atomic E-state index is 11.7. The normalized spacial score (nSPS) is 21.4. The summed E-state index contributed by atoms with van der Waals surface area (Å²) in [5.41, 5.74) is 0. The van der Waals surface area contributed by atoms with Gasteiger partial charge in [-0.25, -0.2) is 0 Å². The molecule has 1 saturated heterocycles. The molecule has 0 radical (unpaired) electrons. The van der Waals surface area contributed by atoms with Gasteiger partial charge in [-0.15, -0.1) is 0 Å². The number of rotatable bonds is 3. The fourth-order valence-electron chi connectivity index (χ4n) is 1.23. The Morgan fingerprint density at radius 1 is 1.19 bits per heavy atom. The predicted molar refractivity (Wildman–Crippen MR) is 55.5 cm³/mol. The van der Waals surface area contributed by atoms with E-state index < -0.39 is 33.1 Å². The molecule has 2 N–H and O–H groups in total. The van der Waals surface area contributed by atoms with Crippen molar-refractivity contribution in [1.82, 2.24) is 10.6 Å². The summed E-state index contributed by atoms with van der Waals surface area (Å²) in [7, 11) is 0. The van der Waals surface area contributed by atoms with Crippen molar-refractivity contribution in [2.75, 3.05) is 0 Å². The van der Waals surface area contributed by atoms with Gasteiger partial charge < -0.3 is 0 Å². The summed E-state index contributed by atoms with van der Waals surface area (Å²) < 4.78 is 17.4. The summed E-state index contributed by atoms with van der Waals surface area (Å²) in [6.45, 7) is 0. The van der Waals surface area contributed by atoms with E-state index in [0.717, 1.165) is 0 Å². The van der Waals surface area contributed by atoms with Crippen LogP contribution in [0.4, 0.5) is 4.79 Å². The number of hydrogen-bond donors (Lipinski definition) is 2. The molecule has 0 saturated carbocycles. The first kappa shape index (κ1) is 11.0. The average Bonchev–Trinajstić information content (AvgIpc) is 2.59. The molecule has 2 atom stereocenters. The average molecular weight is 284 g/mol. The molecule has 0 spiro atoms. The van der Waals surface area contributed by atoms with E-state index >= 15 is 0 Å². The zero-order valence-electron chi connectivity index (χ0n) is 8.10. The van der Waals surface area contributed by atoms with Gasteiger partial charge in [-0.05, 0) is 0 Å². The third-order valence-corrected chi connectivity index (χ3v) is 4.60. The van der Waals surface area contributed by atoms with Gasteiger partial charge in [-0.2, -0.15) is 0 Å². The summed E-state index contributed by atoms with van der Waals surface area (Å²) in [4.78, 5) is 21.9. The Balaban J connectivity index is 2.03. The quantitative estimate of drug-likeness (QED) is 0.535. The fourth-order valence-corrected chi connectivity index (χ4v) is 3.29. The van der Waals surface area contributed by atoms with Crippen LogP contribution in [0.1, 0.15) is 0 Å². The van der Waals surface area contributed by atoms with Gasteiger partial charge in [0.2, 0.25) is 0 Å². The first-order chi connectivity index (χ1) is 7.66. The SMILES string of the molecule is O=C1NC(=O)C(O[AsH](=O)c2ccccc2)N1. The molecule has 3 amide bonds. The number of amides is 3. The van der Waals surface area contributed by atoms with E-state index in [9.17, 15) is 13.3 Å². The Bertz CT molecular complexity index is 448. The number of benzene rings is 1. The third kappa shape index (κ3) is 2.34. The maximum absolute atomic E-state index is 11.7. The van der Waals surface area contributed by atoms with Crippen LogP contribution in [-0.2, 0) is 12.3 Å². The first-order valence-electron chi connectivity index (χ1n) is 4.54. The number of hydrogen-bond acceptors (Lipinski definition) is 4. The second-order valence-electron chi connectivity index (χ2n) is 3.11. The second kappa shape index (κ2) is 4.55. The predicted octanol–water partition coefficient (Wildman–Crippen LogP) is -1.27. The van der Waals surface area contributed by atoms with Crippen LogP contribution in [0.3, 0.4) is 0 Å². The summed E-state index contributed by atoms with van der Waals surface area (Å²) in [5, 5.41) is 4.22. The van der Waals surface area contributed by atoms with Crippen molar-refractivity contribution in [2.24, 2.45) is 0 Å². The molecule has 7 heteroatoms. The van der Waals surface area contributed by atoms with E-state index in [0.29, 0.717) is 4.35 Å². The molecule has 0 bridgehead atoms. The first-order valence-corrected chi connectivity index (χ1v) is 7.30. The Labute approximate surface area is 95.8 Å². The number of carbonyl (C=O) groups is 2. The second-order valence-corrected chi connectivity index (χ2v) is 6.03. The molecule has 2 rings (SSSR count). The van der Waals surface area contributed by atoms with Gasteiger partial charge in [-0.1, -0.05) is 0 Å². The van der Waals surface area contributed by atoms with Gasteiger partial charge in [0.25, 0.3) is 0 Å². The molecule has 6 nitrogen and oxygen atoms in total. The zero-order chi connectivity index (χ0) is 11.5. The van der Waals surface area contributed by atoms with Crippen molar-refractivity contribution in [3.8, 4) is 0 Å². The van der Waals surface area contributed by atoms with Crippen molar-refractivity contribution in [2.45, 2.75) is 6.23 Å². The Hall–Kier alpha value is -1.52. The van der Waals surface area contributed by atoms with Gasteiger partial charge in [0.05, 0.1) is 0 Å². The van der Waals surface area contributed by atoms with Gasteiger partial charge in [-0.3, -0.25) is 0 Å². The van der Waals surface area contributed by atoms with Crippen LogP contribution >= 0.6 is 0 Å². The van der Waals surface area contributed by atoms with E-state index in [1.165, 1.54) is 0 Å². The van der Waals surface area contributed by atoms with Gasteiger partial charge in [0, 0.05) is 0 Å². The monoisotopic (exact) mass is 284 g/mol. The summed E-state index contributed by atoms with van der Waals surface area (Å²) in [6, 6.07) is 7.95. The molecular weight excluding hydrogens is 275 g/mol. The summed E-state index contributed by atoms with van der Waals surface area (Å²) in [6.07, 6.45) is -1.14. The number of imide groups is 1. The molecule has 1 aromatic carbocycles. The van der Waals surface area contributed by atoms with E-state index in [2.05, 4.69) is 5.32 Å². The molecule has 2 unspecified atom stereocenters. The van der Waals surface area contributed by atoms with Crippen molar-refractivity contribution >= 4 is 31.2 Å². The molecular formula is C9H9AsN2O4. The molecule has 84 valence electrons. The number of nitrogens with one attached hydrogen (secondary N) is 2. The van der Waals surface area contributed by atoms with Crippen LogP contribution in [0.15, 0.2) is 30.3 Å². The molecule has 1 aromatic rings. The molecule has 16 heavy (non-hydrogen) atoms. The van der Waals surface area contributed by atoms with Gasteiger partial charge >= 0.3 is 95.5 Å². The van der Waals surface area contributed by atoms with Crippen LogP contribution in [-0.4, -0.2) is 33.1 Å². The summed E-state index contributed by atoms with van der Waals surface area (Å²) in [5.74, 6) is -0.609. The number of urea groups is 1.